The smallest absolute Gasteiger partial charge is 0.410 e. The second-order valence-corrected chi connectivity index (χ2v) is 10.3. The van der Waals surface area contributed by atoms with Gasteiger partial charge in [-0.25, -0.2) is 4.79 Å². The van der Waals surface area contributed by atoms with Crippen molar-refractivity contribution in [3.63, 3.8) is 0 Å². The number of aryl methyl sites for hydroxylation is 2. The second-order valence-electron chi connectivity index (χ2n) is 8.55. The van der Waals surface area contributed by atoms with Gasteiger partial charge < -0.3 is 29.3 Å². The van der Waals surface area contributed by atoms with Crippen molar-refractivity contribution in [1.82, 2.24) is 9.47 Å². The minimum absolute atomic E-state index is 0.0352. The number of likely N-dealkylation sites (N-methyl/N-ethyl adjacent to an activating group) is 1. The highest BCUT2D eigenvalue weighted by Gasteiger charge is 2.31. The molecule has 1 fully saturated rings. The molecular formula is C26H28N2O7S2. The van der Waals surface area contributed by atoms with Crippen LogP contribution in [0, 0.1) is 3.95 Å². The number of hydrogen-bond donors (Lipinski definition) is 2. The maximum Gasteiger partial charge on any atom is 0.410 e. The summed E-state index contributed by atoms with van der Waals surface area (Å²) in [5, 5.41) is 19.4. The Balaban J connectivity index is 1.39. The molecule has 0 spiro atoms. The third-order valence-corrected chi connectivity index (χ3v) is 7.63. The summed E-state index contributed by atoms with van der Waals surface area (Å²) < 4.78 is 18.3. The Morgan fingerprint density at radius 2 is 1.89 bits per heavy atom. The van der Waals surface area contributed by atoms with Crippen molar-refractivity contribution in [2.24, 2.45) is 0 Å². The molecule has 2 heterocycles. The molecule has 196 valence electrons. The fraction of sp³-hybridized carbons (Fsp3) is 0.346. The highest BCUT2D eigenvalue weighted by Crippen LogP contribution is 2.34. The van der Waals surface area contributed by atoms with Crippen LogP contribution in [-0.4, -0.2) is 58.0 Å². The molecular weight excluding hydrogens is 516 g/mol. The lowest BCUT2D eigenvalue weighted by Crippen LogP contribution is -2.34. The predicted octanol–water partition coefficient (Wildman–Crippen LogP) is 5.04. The van der Waals surface area contributed by atoms with Gasteiger partial charge in [-0.05, 0) is 73.8 Å². The number of cyclic esters (lactones) is 1. The SMILES string of the molecule is CCN1C(=O)OCC1Cc1ccc(Oc2ccc(CCc3sc(=S)n(CC(=O)O)c3O)cc2OC)cc1. The van der Waals surface area contributed by atoms with Gasteiger partial charge in [-0.15, -0.1) is 11.3 Å². The van der Waals surface area contributed by atoms with Crippen LogP contribution in [0.15, 0.2) is 42.5 Å². The monoisotopic (exact) mass is 544 g/mol. The maximum atomic E-state index is 11.8. The third-order valence-electron chi connectivity index (χ3n) is 6.14. The Hall–Kier alpha value is -3.57. The van der Waals surface area contributed by atoms with Crippen molar-refractivity contribution in [1.29, 1.82) is 0 Å². The first-order valence-corrected chi connectivity index (χ1v) is 13.0. The van der Waals surface area contributed by atoms with Gasteiger partial charge in [0.2, 0.25) is 5.88 Å². The summed E-state index contributed by atoms with van der Waals surface area (Å²) in [5.41, 5.74) is 2.05. The number of carbonyl (C=O) groups is 2. The normalized spacial score (nSPS) is 15.0. The number of rotatable bonds is 11. The molecule has 1 amide bonds. The number of aromatic nitrogens is 1. The van der Waals surface area contributed by atoms with Crippen LogP contribution in [0.1, 0.15) is 22.9 Å². The average molecular weight is 545 g/mol. The number of benzene rings is 2. The number of amides is 1. The molecule has 0 radical (unpaired) electrons. The minimum atomic E-state index is -1.06. The van der Waals surface area contributed by atoms with Crippen molar-refractivity contribution in [2.45, 2.75) is 38.8 Å². The molecule has 0 aliphatic carbocycles. The van der Waals surface area contributed by atoms with Gasteiger partial charge in [-0.1, -0.05) is 18.2 Å². The van der Waals surface area contributed by atoms with E-state index in [1.165, 1.54) is 15.9 Å². The molecule has 1 aliphatic heterocycles. The molecule has 37 heavy (non-hydrogen) atoms. The zero-order valence-corrected chi connectivity index (χ0v) is 22.1. The largest absolute Gasteiger partial charge is 0.494 e. The molecule has 2 aromatic carbocycles. The molecule has 11 heteroatoms. The van der Waals surface area contributed by atoms with Crippen LogP contribution >= 0.6 is 23.6 Å². The second kappa shape index (κ2) is 11.7. The molecule has 1 saturated heterocycles. The molecule has 0 bridgehead atoms. The van der Waals surface area contributed by atoms with Crippen molar-refractivity contribution in [3.8, 4) is 23.1 Å². The quantitative estimate of drug-likeness (QED) is 0.323. The number of carboxylic acid groups (broad SMARTS) is 1. The van der Waals surface area contributed by atoms with Gasteiger partial charge >= 0.3 is 12.1 Å². The summed E-state index contributed by atoms with van der Waals surface area (Å²) in [6.45, 7) is 2.59. The Morgan fingerprint density at radius 3 is 2.57 bits per heavy atom. The molecule has 0 saturated carbocycles. The van der Waals surface area contributed by atoms with E-state index in [2.05, 4.69) is 0 Å². The van der Waals surface area contributed by atoms with Crippen molar-refractivity contribution >= 4 is 35.6 Å². The number of ether oxygens (including phenoxy) is 3. The Morgan fingerprint density at radius 1 is 1.16 bits per heavy atom. The fourth-order valence-corrected chi connectivity index (χ4v) is 5.56. The molecule has 3 aromatic rings. The van der Waals surface area contributed by atoms with Gasteiger partial charge in [-0.2, -0.15) is 0 Å². The lowest BCUT2D eigenvalue weighted by molar-refractivity contribution is -0.137. The van der Waals surface area contributed by atoms with E-state index in [0.717, 1.165) is 11.1 Å². The first-order chi connectivity index (χ1) is 17.8. The van der Waals surface area contributed by atoms with Crippen molar-refractivity contribution in [2.75, 3.05) is 20.3 Å². The molecule has 1 unspecified atom stereocenters. The van der Waals surface area contributed by atoms with E-state index in [-0.39, 0.29) is 24.6 Å². The van der Waals surface area contributed by atoms with E-state index in [0.29, 0.717) is 58.5 Å². The van der Waals surface area contributed by atoms with E-state index in [1.54, 1.807) is 12.0 Å². The van der Waals surface area contributed by atoms with E-state index < -0.39 is 5.97 Å². The van der Waals surface area contributed by atoms with Gasteiger partial charge in [0, 0.05) is 6.54 Å². The zero-order chi connectivity index (χ0) is 26.5. The summed E-state index contributed by atoms with van der Waals surface area (Å²) in [5.74, 6) is 0.639. The maximum absolute atomic E-state index is 11.8. The van der Waals surface area contributed by atoms with Crippen molar-refractivity contribution < 1.29 is 34.0 Å². The van der Waals surface area contributed by atoms with Gasteiger partial charge in [0.15, 0.2) is 15.5 Å². The number of aliphatic carboxylic acids is 1. The lowest BCUT2D eigenvalue weighted by Gasteiger charge is -2.19. The Labute approximate surface area is 223 Å². The van der Waals surface area contributed by atoms with Crippen LogP contribution in [-0.2, 0) is 35.3 Å². The number of carboxylic acids is 1. The number of thiazole rings is 1. The summed E-state index contributed by atoms with van der Waals surface area (Å²) in [6, 6.07) is 13.4. The molecule has 1 aromatic heterocycles. The number of nitrogens with zero attached hydrogens (tertiary/aromatic N) is 2. The summed E-state index contributed by atoms with van der Waals surface area (Å²) in [6.07, 6.45) is 1.55. The van der Waals surface area contributed by atoms with Crippen molar-refractivity contribution in [3.05, 3.63) is 62.4 Å². The van der Waals surface area contributed by atoms with Gasteiger partial charge in [0.05, 0.1) is 18.0 Å². The third kappa shape index (κ3) is 6.23. The molecule has 9 nitrogen and oxygen atoms in total. The summed E-state index contributed by atoms with van der Waals surface area (Å²) in [7, 11) is 1.57. The van der Waals surface area contributed by atoms with Crippen LogP contribution < -0.4 is 9.47 Å². The highest BCUT2D eigenvalue weighted by molar-refractivity contribution is 7.73. The standard InChI is InChI=1S/C26H28N2O7S2/c1-3-27-18(15-34-25(27)32)12-16-4-8-19(9-5-16)35-20-10-6-17(13-21(20)33-2)7-11-22-24(31)28(14-23(29)30)26(36)37-22/h4-6,8-10,13,18,31H,3,7,11-12,14-15H2,1-2H3,(H,29,30). The topological polar surface area (TPSA) is 110 Å². The molecule has 4 rings (SSSR count). The molecule has 2 N–H and O–H groups in total. The number of methoxy groups -OCH3 is 1. The number of aromatic hydroxyl groups is 1. The van der Waals surface area contributed by atoms with Gasteiger partial charge in [0.1, 0.15) is 18.9 Å². The minimum Gasteiger partial charge on any atom is -0.494 e. The Kier molecular flexibility index (Phi) is 8.34. The predicted molar refractivity (Wildman–Crippen MR) is 141 cm³/mol. The zero-order valence-electron chi connectivity index (χ0n) is 20.5. The van der Waals surface area contributed by atoms with Crippen LogP contribution in [0.25, 0.3) is 0 Å². The van der Waals surface area contributed by atoms with Gasteiger partial charge in [0.25, 0.3) is 0 Å². The fourth-order valence-electron chi connectivity index (χ4n) is 4.23. The number of hydrogen-bond acceptors (Lipinski definition) is 8. The van der Waals surface area contributed by atoms with E-state index >= 15 is 0 Å². The first kappa shape index (κ1) is 26.5. The van der Waals surface area contributed by atoms with E-state index in [1.807, 2.05) is 49.4 Å². The van der Waals surface area contributed by atoms with E-state index in [4.69, 9.17) is 31.5 Å². The van der Waals surface area contributed by atoms with Crippen LogP contribution in [0.3, 0.4) is 0 Å². The highest BCUT2D eigenvalue weighted by atomic mass is 32.1. The van der Waals surface area contributed by atoms with Crippen LogP contribution in [0.4, 0.5) is 4.79 Å². The molecule has 1 aliphatic rings. The number of carbonyl (C=O) groups excluding carboxylic acids is 1. The van der Waals surface area contributed by atoms with Gasteiger partial charge in [-0.3, -0.25) is 9.36 Å². The first-order valence-electron chi connectivity index (χ1n) is 11.8. The Bertz CT molecular complexity index is 1330. The van der Waals surface area contributed by atoms with Crippen LogP contribution in [0.2, 0.25) is 0 Å². The lowest BCUT2D eigenvalue weighted by atomic mass is 10.1. The molecule has 1 atom stereocenters. The van der Waals surface area contributed by atoms with Crippen LogP contribution in [0.5, 0.6) is 23.1 Å². The summed E-state index contributed by atoms with van der Waals surface area (Å²) >= 11 is 6.40. The summed E-state index contributed by atoms with van der Waals surface area (Å²) in [4.78, 5) is 25.1. The average Bonchev–Trinajstić information content (AvgIpc) is 3.37. The van der Waals surface area contributed by atoms with E-state index in [9.17, 15) is 14.7 Å².